The van der Waals surface area contributed by atoms with Crippen LogP contribution in [0.2, 0.25) is 0 Å². The Kier molecular flexibility index (Phi) is 3.78. The van der Waals surface area contributed by atoms with Gasteiger partial charge in [-0.1, -0.05) is 77.9 Å². The van der Waals surface area contributed by atoms with E-state index >= 15 is 0 Å². The van der Waals surface area contributed by atoms with Crippen molar-refractivity contribution in [1.82, 2.24) is 4.57 Å². The summed E-state index contributed by atoms with van der Waals surface area (Å²) in [5.41, 5.74) is 3.22. The molecule has 0 spiro atoms. The van der Waals surface area contributed by atoms with Gasteiger partial charge in [0.2, 0.25) is 0 Å². The first-order chi connectivity index (χ1) is 10.7. The van der Waals surface area contributed by atoms with E-state index in [9.17, 15) is 0 Å². The van der Waals surface area contributed by atoms with Crippen LogP contribution in [0.15, 0.2) is 48.5 Å². The molecule has 0 aliphatic carbocycles. The van der Waals surface area contributed by atoms with Gasteiger partial charge in [0, 0.05) is 27.8 Å². The number of hydrogen-bond donors (Lipinski definition) is 0. The van der Waals surface area contributed by atoms with E-state index in [1.807, 2.05) is 0 Å². The van der Waals surface area contributed by atoms with E-state index in [0.29, 0.717) is 11.5 Å². The van der Waals surface area contributed by atoms with Crippen molar-refractivity contribution < 1.29 is 0 Å². The zero-order valence-electron chi connectivity index (χ0n) is 15.4. The normalized spacial score (nSPS) is 14.5. The first-order valence-corrected chi connectivity index (χ1v) is 8.66. The maximum absolute atomic E-state index is 2.59. The summed E-state index contributed by atoms with van der Waals surface area (Å²) in [5, 5.41) is 2.73. The molecule has 1 unspecified atom stereocenters. The summed E-state index contributed by atoms with van der Waals surface area (Å²) < 4.78 is 2.59. The number of nitrogens with zero attached hydrogens (tertiary/aromatic N) is 1. The van der Waals surface area contributed by atoms with Crippen molar-refractivity contribution >= 4 is 21.8 Å². The van der Waals surface area contributed by atoms with Crippen LogP contribution >= 0.6 is 0 Å². The van der Waals surface area contributed by atoms with Gasteiger partial charge in [0.05, 0.1) is 0 Å². The van der Waals surface area contributed by atoms with Crippen LogP contribution < -0.4 is 0 Å². The Morgan fingerprint density at radius 2 is 1.17 bits per heavy atom. The maximum Gasteiger partial charge on any atom is 0.0494 e. The molecule has 1 heterocycles. The third-order valence-electron chi connectivity index (χ3n) is 4.73. The van der Waals surface area contributed by atoms with E-state index in [1.165, 1.54) is 28.2 Å². The van der Waals surface area contributed by atoms with Crippen LogP contribution in [0.4, 0.5) is 0 Å². The first-order valence-electron chi connectivity index (χ1n) is 8.66. The van der Waals surface area contributed by atoms with Crippen molar-refractivity contribution in [3.05, 3.63) is 48.5 Å². The Labute approximate surface area is 140 Å². The van der Waals surface area contributed by atoms with Gasteiger partial charge in [-0.15, -0.1) is 0 Å². The Morgan fingerprint density at radius 1 is 0.739 bits per heavy atom. The van der Waals surface area contributed by atoms with Crippen LogP contribution in [0.5, 0.6) is 0 Å². The maximum atomic E-state index is 2.59. The molecule has 0 N–H and O–H groups in total. The van der Waals surface area contributed by atoms with Gasteiger partial charge in [-0.05, 0) is 29.4 Å². The van der Waals surface area contributed by atoms with Crippen molar-refractivity contribution in [2.45, 2.75) is 54.0 Å². The number of fused-ring (bicyclic) bond motifs is 3. The van der Waals surface area contributed by atoms with Crippen LogP contribution in [0, 0.1) is 10.8 Å². The lowest BCUT2D eigenvalue weighted by Gasteiger charge is -2.37. The fourth-order valence-electron chi connectivity index (χ4n) is 3.65. The lowest BCUT2D eigenvalue weighted by molar-refractivity contribution is 0.178. The number of rotatable bonds is 2. The highest BCUT2D eigenvalue weighted by molar-refractivity contribution is 6.08. The second-order valence-corrected chi connectivity index (χ2v) is 9.05. The van der Waals surface area contributed by atoms with Gasteiger partial charge in [0.25, 0.3) is 0 Å². The molecule has 122 valence electrons. The van der Waals surface area contributed by atoms with Crippen LogP contribution in [0.25, 0.3) is 21.8 Å². The summed E-state index contributed by atoms with van der Waals surface area (Å²) in [6.07, 6.45) is 1.17. The molecular weight excluding hydrogens is 278 g/mol. The minimum absolute atomic E-state index is 0.206. The van der Waals surface area contributed by atoms with Crippen LogP contribution in [0.3, 0.4) is 0 Å². The molecule has 0 aliphatic rings. The van der Waals surface area contributed by atoms with E-state index in [2.05, 4.69) is 94.6 Å². The quantitative estimate of drug-likeness (QED) is 0.489. The third kappa shape index (κ3) is 3.02. The summed E-state index contributed by atoms with van der Waals surface area (Å²) in [4.78, 5) is 0. The molecule has 0 fully saturated rings. The predicted molar refractivity (Wildman–Crippen MR) is 102 cm³/mol. The molecule has 0 amide bonds. The van der Waals surface area contributed by atoms with Crippen molar-refractivity contribution in [3.8, 4) is 0 Å². The Morgan fingerprint density at radius 3 is 1.57 bits per heavy atom. The Balaban J connectivity index is 2.34. The summed E-state index contributed by atoms with van der Waals surface area (Å²) in [6.45, 7) is 14.1. The molecule has 1 nitrogen and oxygen atoms in total. The lowest BCUT2D eigenvalue weighted by Crippen LogP contribution is -2.28. The van der Waals surface area contributed by atoms with Crippen LogP contribution in [-0.4, -0.2) is 4.57 Å². The molecule has 1 heteroatoms. The molecule has 2 aromatic carbocycles. The highest BCUT2D eigenvalue weighted by atomic mass is 15.0. The van der Waals surface area contributed by atoms with Crippen molar-refractivity contribution in [1.29, 1.82) is 0 Å². The molecule has 0 saturated heterocycles. The van der Waals surface area contributed by atoms with E-state index in [0.717, 1.165) is 0 Å². The monoisotopic (exact) mass is 307 g/mol. The summed E-state index contributed by atoms with van der Waals surface area (Å²) in [6, 6.07) is 18.1. The number of benzene rings is 2. The van der Waals surface area contributed by atoms with Gasteiger partial charge in [-0.2, -0.15) is 0 Å². The van der Waals surface area contributed by atoms with Crippen molar-refractivity contribution in [2.75, 3.05) is 0 Å². The van der Waals surface area contributed by atoms with E-state index in [1.54, 1.807) is 0 Å². The molecule has 3 aromatic rings. The van der Waals surface area contributed by atoms with Gasteiger partial charge in [-0.25, -0.2) is 0 Å². The SMILES string of the molecule is CC(C)(C)CC(n1c2ccccc2c2ccccc21)C(C)(C)C. The fourth-order valence-corrected chi connectivity index (χ4v) is 3.65. The number of para-hydroxylation sites is 2. The topological polar surface area (TPSA) is 4.93 Å². The molecular formula is C22H29N. The fraction of sp³-hybridized carbons (Fsp3) is 0.455. The van der Waals surface area contributed by atoms with E-state index in [4.69, 9.17) is 0 Å². The molecule has 23 heavy (non-hydrogen) atoms. The summed E-state index contributed by atoms with van der Waals surface area (Å²) >= 11 is 0. The smallest absolute Gasteiger partial charge is 0.0494 e. The van der Waals surface area contributed by atoms with Gasteiger partial charge in [0.1, 0.15) is 0 Å². The zero-order valence-corrected chi connectivity index (χ0v) is 15.4. The second kappa shape index (κ2) is 5.40. The van der Waals surface area contributed by atoms with Crippen LogP contribution in [0.1, 0.15) is 54.0 Å². The molecule has 1 atom stereocenters. The van der Waals surface area contributed by atoms with Gasteiger partial charge in [-0.3, -0.25) is 0 Å². The number of hydrogen-bond acceptors (Lipinski definition) is 0. The van der Waals surface area contributed by atoms with Crippen molar-refractivity contribution in [3.63, 3.8) is 0 Å². The van der Waals surface area contributed by atoms with Gasteiger partial charge < -0.3 is 4.57 Å². The summed E-state index contributed by atoms with van der Waals surface area (Å²) in [7, 11) is 0. The largest absolute Gasteiger partial charge is 0.337 e. The minimum atomic E-state index is 0.206. The Hall–Kier alpha value is -1.76. The summed E-state index contributed by atoms with van der Waals surface area (Å²) in [5.74, 6) is 0. The van der Waals surface area contributed by atoms with E-state index in [-0.39, 0.29) is 5.41 Å². The van der Waals surface area contributed by atoms with Gasteiger partial charge in [0.15, 0.2) is 0 Å². The standard InChI is InChI=1S/C22H29N/c1-21(2,3)15-20(22(4,5)6)23-18-13-9-7-11-16(18)17-12-8-10-14-19(17)23/h7-14,20H,15H2,1-6H3. The zero-order chi connectivity index (χ0) is 16.8. The minimum Gasteiger partial charge on any atom is -0.337 e. The lowest BCUT2D eigenvalue weighted by atomic mass is 9.76. The number of aromatic nitrogens is 1. The highest BCUT2D eigenvalue weighted by Crippen LogP contribution is 2.44. The van der Waals surface area contributed by atoms with E-state index < -0.39 is 0 Å². The molecule has 0 aliphatic heterocycles. The van der Waals surface area contributed by atoms with Gasteiger partial charge >= 0.3 is 0 Å². The molecule has 0 bridgehead atoms. The molecule has 3 rings (SSSR count). The average molecular weight is 307 g/mol. The Bertz CT molecular complexity index is 771. The third-order valence-corrected chi connectivity index (χ3v) is 4.73. The van der Waals surface area contributed by atoms with Crippen molar-refractivity contribution in [2.24, 2.45) is 10.8 Å². The average Bonchev–Trinajstić information content (AvgIpc) is 2.77. The predicted octanol–water partition coefficient (Wildman–Crippen LogP) is 6.82. The highest BCUT2D eigenvalue weighted by Gasteiger charge is 2.32. The molecule has 0 saturated carbocycles. The second-order valence-electron chi connectivity index (χ2n) is 9.05. The van der Waals surface area contributed by atoms with Crippen LogP contribution in [-0.2, 0) is 0 Å². The molecule has 1 aromatic heterocycles. The first kappa shape index (κ1) is 16.1. The molecule has 0 radical (unpaired) electrons.